The van der Waals surface area contributed by atoms with Gasteiger partial charge >= 0.3 is 0 Å². The molecule has 4 nitrogen and oxygen atoms in total. The predicted molar refractivity (Wildman–Crippen MR) is 112 cm³/mol. The molecule has 1 N–H and O–H groups in total. The van der Waals surface area contributed by atoms with Crippen LogP contribution in [0.3, 0.4) is 0 Å². The van der Waals surface area contributed by atoms with E-state index in [0.717, 1.165) is 22.2 Å². The average molecular weight is 388 g/mol. The Hall–Kier alpha value is -3.05. The fourth-order valence-corrected chi connectivity index (χ4v) is 3.86. The molecule has 5 heteroatoms. The lowest BCUT2D eigenvalue weighted by molar-refractivity contribution is 0.0939. The van der Waals surface area contributed by atoms with E-state index >= 15 is 0 Å². The van der Waals surface area contributed by atoms with E-state index in [-0.39, 0.29) is 11.9 Å². The van der Waals surface area contributed by atoms with Gasteiger partial charge in [0.15, 0.2) is 5.58 Å². The van der Waals surface area contributed by atoms with Crippen LogP contribution in [-0.4, -0.2) is 10.9 Å². The zero-order valence-electron chi connectivity index (χ0n) is 15.5. The van der Waals surface area contributed by atoms with Gasteiger partial charge < -0.3 is 9.73 Å². The molecule has 0 radical (unpaired) electrons. The summed E-state index contributed by atoms with van der Waals surface area (Å²) in [4.78, 5) is 17.3. The number of para-hydroxylation sites is 2. The SMILES string of the molecule is CC(NC(=O)c1ccccc1CSc1nc2ccccc2o1)c1ccccc1. The van der Waals surface area contributed by atoms with Gasteiger partial charge in [-0.3, -0.25) is 4.79 Å². The van der Waals surface area contributed by atoms with Crippen molar-refractivity contribution >= 4 is 28.8 Å². The third-order valence-electron chi connectivity index (χ3n) is 4.53. The van der Waals surface area contributed by atoms with Gasteiger partial charge in [-0.15, -0.1) is 0 Å². The lowest BCUT2D eigenvalue weighted by atomic mass is 10.1. The van der Waals surface area contributed by atoms with Crippen molar-refractivity contribution in [2.75, 3.05) is 0 Å². The van der Waals surface area contributed by atoms with Crippen LogP contribution in [0, 0.1) is 0 Å². The Morgan fingerprint density at radius 1 is 1.00 bits per heavy atom. The molecule has 28 heavy (non-hydrogen) atoms. The van der Waals surface area contributed by atoms with Crippen LogP contribution in [0.5, 0.6) is 0 Å². The molecule has 0 spiro atoms. The summed E-state index contributed by atoms with van der Waals surface area (Å²) in [5.41, 5.74) is 4.32. The predicted octanol–water partition coefficient (Wildman–Crippen LogP) is 5.61. The fraction of sp³-hybridized carbons (Fsp3) is 0.130. The molecule has 4 rings (SSSR count). The molecule has 0 aliphatic heterocycles. The van der Waals surface area contributed by atoms with Crippen LogP contribution < -0.4 is 5.32 Å². The Balaban J connectivity index is 1.47. The van der Waals surface area contributed by atoms with Gasteiger partial charge in [0, 0.05) is 11.3 Å². The number of hydrogen-bond acceptors (Lipinski definition) is 4. The van der Waals surface area contributed by atoms with Gasteiger partial charge in [-0.25, -0.2) is 4.98 Å². The number of oxazole rings is 1. The van der Waals surface area contributed by atoms with E-state index in [9.17, 15) is 4.79 Å². The Labute approximate surface area is 168 Å². The second-order valence-corrected chi connectivity index (χ2v) is 7.43. The van der Waals surface area contributed by atoms with Gasteiger partial charge in [0.25, 0.3) is 11.1 Å². The summed E-state index contributed by atoms with van der Waals surface area (Å²) in [7, 11) is 0. The Kier molecular flexibility index (Phi) is 5.44. The van der Waals surface area contributed by atoms with Crippen molar-refractivity contribution < 1.29 is 9.21 Å². The molecule has 4 aromatic rings. The highest BCUT2D eigenvalue weighted by Crippen LogP contribution is 2.27. The number of rotatable bonds is 6. The third kappa shape index (κ3) is 4.10. The van der Waals surface area contributed by atoms with Gasteiger partial charge in [-0.1, -0.05) is 72.4 Å². The number of aromatic nitrogens is 1. The molecular formula is C23H20N2O2S. The summed E-state index contributed by atoms with van der Waals surface area (Å²) in [6.45, 7) is 1.99. The van der Waals surface area contributed by atoms with E-state index in [1.54, 1.807) is 0 Å². The quantitative estimate of drug-likeness (QED) is 0.436. The van der Waals surface area contributed by atoms with Crippen molar-refractivity contribution in [3.63, 3.8) is 0 Å². The third-order valence-corrected chi connectivity index (χ3v) is 5.41. The van der Waals surface area contributed by atoms with Gasteiger partial charge in [0.2, 0.25) is 0 Å². The summed E-state index contributed by atoms with van der Waals surface area (Å²) in [6, 6.07) is 25.2. The van der Waals surface area contributed by atoms with Gasteiger partial charge in [0.05, 0.1) is 6.04 Å². The van der Waals surface area contributed by atoms with Crippen molar-refractivity contribution in [2.45, 2.75) is 23.9 Å². The van der Waals surface area contributed by atoms with E-state index in [1.165, 1.54) is 11.8 Å². The van der Waals surface area contributed by atoms with Crippen molar-refractivity contribution in [2.24, 2.45) is 0 Å². The van der Waals surface area contributed by atoms with Crippen LogP contribution >= 0.6 is 11.8 Å². The maximum Gasteiger partial charge on any atom is 0.257 e. The van der Waals surface area contributed by atoms with E-state index < -0.39 is 0 Å². The molecule has 1 heterocycles. The Bertz CT molecular complexity index is 1060. The number of thioether (sulfide) groups is 1. The highest BCUT2D eigenvalue weighted by molar-refractivity contribution is 7.98. The van der Waals surface area contributed by atoms with Crippen molar-refractivity contribution in [1.29, 1.82) is 0 Å². The molecule has 1 aromatic heterocycles. The van der Waals surface area contributed by atoms with Crippen molar-refractivity contribution in [3.05, 3.63) is 95.6 Å². The topological polar surface area (TPSA) is 55.1 Å². The minimum absolute atomic E-state index is 0.0635. The van der Waals surface area contributed by atoms with Crippen LogP contribution in [0.15, 0.2) is 88.5 Å². The second-order valence-electron chi connectivity index (χ2n) is 6.50. The molecule has 3 aromatic carbocycles. The normalized spacial score (nSPS) is 12.0. The molecule has 1 unspecified atom stereocenters. The van der Waals surface area contributed by atoms with Gasteiger partial charge in [0.1, 0.15) is 5.52 Å². The molecule has 0 bridgehead atoms. The summed E-state index contributed by atoms with van der Waals surface area (Å²) in [5.74, 6) is 0.529. The molecule has 0 aliphatic carbocycles. The molecule has 1 amide bonds. The van der Waals surface area contributed by atoms with E-state index in [4.69, 9.17) is 4.42 Å². The molecule has 1 atom stereocenters. The Morgan fingerprint density at radius 2 is 1.71 bits per heavy atom. The number of amides is 1. The van der Waals surface area contributed by atoms with E-state index in [1.807, 2.05) is 85.8 Å². The molecule has 0 aliphatic rings. The number of hydrogen-bond donors (Lipinski definition) is 1. The first-order chi connectivity index (χ1) is 13.7. The van der Waals surface area contributed by atoms with Crippen LogP contribution in [0.2, 0.25) is 0 Å². The number of nitrogens with one attached hydrogen (secondary N) is 1. The largest absolute Gasteiger partial charge is 0.431 e. The van der Waals surface area contributed by atoms with Crippen molar-refractivity contribution in [1.82, 2.24) is 10.3 Å². The summed E-state index contributed by atoms with van der Waals surface area (Å²) < 4.78 is 5.76. The molecule has 0 saturated carbocycles. The zero-order chi connectivity index (χ0) is 19.3. The Morgan fingerprint density at radius 3 is 2.54 bits per heavy atom. The molecule has 0 saturated heterocycles. The lowest BCUT2D eigenvalue weighted by Crippen LogP contribution is -2.27. The summed E-state index contributed by atoms with van der Waals surface area (Å²) >= 11 is 1.49. The van der Waals surface area contributed by atoms with E-state index in [0.29, 0.717) is 16.5 Å². The minimum atomic E-state index is -0.0786. The van der Waals surface area contributed by atoms with Crippen molar-refractivity contribution in [3.8, 4) is 0 Å². The van der Waals surface area contributed by atoms with Crippen LogP contribution in [0.1, 0.15) is 34.5 Å². The maximum atomic E-state index is 12.8. The smallest absolute Gasteiger partial charge is 0.257 e. The van der Waals surface area contributed by atoms with Gasteiger partial charge in [-0.05, 0) is 36.2 Å². The first-order valence-electron chi connectivity index (χ1n) is 9.13. The van der Waals surface area contributed by atoms with E-state index in [2.05, 4.69) is 10.3 Å². The molecule has 140 valence electrons. The van der Waals surface area contributed by atoms with Crippen LogP contribution in [-0.2, 0) is 5.75 Å². The maximum absolute atomic E-state index is 12.8. The number of nitrogens with zero attached hydrogens (tertiary/aromatic N) is 1. The minimum Gasteiger partial charge on any atom is -0.431 e. The second kappa shape index (κ2) is 8.31. The van der Waals surface area contributed by atoms with Crippen LogP contribution in [0.4, 0.5) is 0 Å². The van der Waals surface area contributed by atoms with Crippen LogP contribution in [0.25, 0.3) is 11.1 Å². The lowest BCUT2D eigenvalue weighted by Gasteiger charge is -2.16. The fourth-order valence-electron chi connectivity index (χ4n) is 3.02. The number of fused-ring (bicyclic) bond motifs is 1. The standard InChI is InChI=1S/C23H20N2O2S/c1-16(17-9-3-2-4-10-17)24-22(26)19-12-6-5-11-18(19)15-28-23-25-20-13-7-8-14-21(20)27-23/h2-14,16H,15H2,1H3,(H,24,26). The first kappa shape index (κ1) is 18.3. The zero-order valence-corrected chi connectivity index (χ0v) is 16.3. The number of carbonyl (C=O) groups is 1. The highest BCUT2D eigenvalue weighted by Gasteiger charge is 2.15. The average Bonchev–Trinajstić information content (AvgIpc) is 3.16. The first-order valence-corrected chi connectivity index (χ1v) is 10.1. The monoisotopic (exact) mass is 388 g/mol. The highest BCUT2D eigenvalue weighted by atomic mass is 32.2. The molecular weight excluding hydrogens is 368 g/mol. The summed E-state index contributed by atoms with van der Waals surface area (Å²) in [5, 5.41) is 3.69. The summed E-state index contributed by atoms with van der Waals surface area (Å²) in [6.07, 6.45) is 0. The number of benzene rings is 3. The van der Waals surface area contributed by atoms with Gasteiger partial charge in [-0.2, -0.15) is 0 Å². The molecule has 0 fully saturated rings. The number of carbonyl (C=O) groups excluding carboxylic acids is 1.